The van der Waals surface area contributed by atoms with Gasteiger partial charge in [0, 0.05) is 5.56 Å². The average Bonchev–Trinajstić information content (AvgIpc) is 3.25. The van der Waals surface area contributed by atoms with Crippen LogP contribution >= 0.6 is 23.6 Å². The van der Waals surface area contributed by atoms with Crippen molar-refractivity contribution in [3.8, 4) is 11.5 Å². The number of thiazole rings is 1. The Kier molecular flexibility index (Phi) is 4.90. The van der Waals surface area contributed by atoms with Gasteiger partial charge in [-0.15, -0.1) is 16.4 Å². The number of hydrogen-bond acceptors (Lipinski definition) is 5. The molecule has 7 heteroatoms. The van der Waals surface area contributed by atoms with Crippen LogP contribution < -0.4 is 4.90 Å². The van der Waals surface area contributed by atoms with Gasteiger partial charge in [0.15, 0.2) is 11.7 Å². The van der Waals surface area contributed by atoms with E-state index in [1.165, 1.54) is 9.60 Å². The molecule has 4 rings (SSSR count). The number of nitrogens with zero attached hydrogens (tertiary/aromatic N) is 3. The largest absolute Gasteiger partial charge is 0.409 e. The number of hydrogen-bond donors (Lipinski definition) is 1. The molecule has 0 fully saturated rings. The Hall–Kier alpha value is -2.35. The van der Waals surface area contributed by atoms with Crippen LogP contribution in [-0.4, -0.2) is 21.8 Å². The molecule has 0 amide bonds. The van der Waals surface area contributed by atoms with Crippen molar-refractivity contribution in [3.05, 3.63) is 63.9 Å². The predicted octanol–water partition coefficient (Wildman–Crippen LogP) is 4.02. The van der Waals surface area contributed by atoms with E-state index in [1.807, 2.05) is 43.3 Å². The van der Waals surface area contributed by atoms with Gasteiger partial charge >= 0.3 is 0 Å². The molecule has 2 atom stereocenters. The van der Waals surface area contributed by atoms with Gasteiger partial charge in [0.2, 0.25) is 5.89 Å². The van der Waals surface area contributed by atoms with Crippen LogP contribution in [0.25, 0.3) is 21.7 Å². The second-order valence-corrected chi connectivity index (χ2v) is 8.15. The fourth-order valence-corrected chi connectivity index (χ4v) is 4.28. The summed E-state index contributed by atoms with van der Waals surface area (Å²) < 4.78 is 8.73. The topological polar surface area (TPSA) is 48.3 Å². The minimum absolute atomic E-state index is 0.225. The van der Waals surface area contributed by atoms with Crippen LogP contribution in [0.5, 0.6) is 0 Å². The monoisotopic (exact) mass is 397 g/mol. The Morgan fingerprint density at radius 2 is 1.93 bits per heavy atom. The van der Waals surface area contributed by atoms with Gasteiger partial charge in [0.25, 0.3) is 4.84 Å². The molecule has 0 aliphatic rings. The number of quaternary nitrogens is 1. The molecule has 0 radical (unpaired) electrons. The first kappa shape index (κ1) is 18.0. The molecule has 1 unspecified atom stereocenters. The number of fused-ring (bicyclic) bond motifs is 1. The fourth-order valence-electron chi connectivity index (χ4n) is 2.99. The molecule has 4 aromatic rings. The lowest BCUT2D eigenvalue weighted by atomic mass is 10.1. The zero-order chi connectivity index (χ0) is 19.0. The lowest BCUT2D eigenvalue weighted by Gasteiger charge is -2.19. The van der Waals surface area contributed by atoms with Crippen molar-refractivity contribution in [1.29, 1.82) is 0 Å². The van der Waals surface area contributed by atoms with Gasteiger partial charge in [-0.2, -0.15) is 4.68 Å². The number of benzene rings is 2. The van der Waals surface area contributed by atoms with Gasteiger partial charge in [0.1, 0.15) is 6.04 Å². The first-order chi connectivity index (χ1) is 13.0. The van der Waals surface area contributed by atoms with E-state index in [4.69, 9.17) is 21.6 Å². The van der Waals surface area contributed by atoms with Crippen LogP contribution in [-0.2, 0) is 6.67 Å². The Labute approximate surface area is 166 Å². The predicted molar refractivity (Wildman–Crippen MR) is 110 cm³/mol. The molecule has 0 aliphatic carbocycles. The minimum Gasteiger partial charge on any atom is -0.409 e. The second kappa shape index (κ2) is 7.34. The van der Waals surface area contributed by atoms with E-state index in [2.05, 4.69) is 31.2 Å². The number of aromatic nitrogens is 3. The van der Waals surface area contributed by atoms with Crippen LogP contribution in [0.2, 0.25) is 0 Å². The summed E-state index contributed by atoms with van der Waals surface area (Å²) in [5, 5.41) is 5.72. The van der Waals surface area contributed by atoms with Crippen LogP contribution in [0.1, 0.15) is 23.5 Å². The van der Waals surface area contributed by atoms with Gasteiger partial charge in [-0.05, 0) is 49.8 Å². The molecule has 0 aliphatic heterocycles. The van der Waals surface area contributed by atoms with Crippen molar-refractivity contribution in [2.24, 2.45) is 0 Å². The number of nitrogens with one attached hydrogen (secondary N) is 1. The first-order valence-corrected chi connectivity index (χ1v) is 10.1. The molecule has 0 spiro atoms. The number of aryl methyl sites for hydroxylation is 1. The van der Waals surface area contributed by atoms with E-state index in [0.29, 0.717) is 17.4 Å². The van der Waals surface area contributed by atoms with Gasteiger partial charge in [-0.1, -0.05) is 30.3 Å². The molecule has 0 saturated carbocycles. The van der Waals surface area contributed by atoms with Crippen LogP contribution in [0.15, 0.2) is 52.9 Å². The first-order valence-electron chi connectivity index (χ1n) is 8.84. The van der Waals surface area contributed by atoms with Crippen molar-refractivity contribution < 1.29 is 9.32 Å². The summed E-state index contributed by atoms with van der Waals surface area (Å²) in [6, 6.07) is 16.5. The highest BCUT2D eigenvalue weighted by Gasteiger charge is 2.21. The molecule has 0 saturated heterocycles. The van der Waals surface area contributed by atoms with Crippen molar-refractivity contribution in [2.45, 2.75) is 26.6 Å². The second-order valence-electron chi connectivity index (χ2n) is 6.73. The van der Waals surface area contributed by atoms with Gasteiger partial charge in [0.05, 0.1) is 17.3 Å². The summed E-state index contributed by atoms with van der Waals surface area (Å²) >= 11 is 7.14. The maximum atomic E-state index is 5.76. The van der Waals surface area contributed by atoms with E-state index in [-0.39, 0.29) is 6.04 Å². The van der Waals surface area contributed by atoms with E-state index in [0.717, 1.165) is 21.7 Å². The smallest absolute Gasteiger partial charge is 0.292 e. The standard InChI is InChI=1S/C20H20N4OS2/c1-13-8-4-5-9-15(13)18-22-24(20(26)25-18)12-23(3)14(2)19-21-16-10-6-7-11-17(16)27-19/h4-11,14H,12H2,1-3H3/p+1/t14-/m0/s1. The molecule has 27 heavy (non-hydrogen) atoms. The Morgan fingerprint density at radius 1 is 1.19 bits per heavy atom. The van der Waals surface area contributed by atoms with Gasteiger partial charge in [-0.25, -0.2) is 4.98 Å². The fraction of sp³-hybridized carbons (Fsp3) is 0.250. The molecular formula is C20H21N4OS2+. The van der Waals surface area contributed by atoms with Crippen molar-refractivity contribution in [2.75, 3.05) is 7.05 Å². The molecule has 2 aromatic carbocycles. The Balaban J connectivity index is 1.56. The van der Waals surface area contributed by atoms with Crippen molar-refractivity contribution in [1.82, 2.24) is 14.8 Å². The Morgan fingerprint density at radius 3 is 2.70 bits per heavy atom. The van der Waals surface area contributed by atoms with Crippen LogP contribution in [0, 0.1) is 11.8 Å². The Bertz CT molecular complexity index is 1110. The number of para-hydroxylation sites is 1. The molecule has 138 valence electrons. The summed E-state index contributed by atoms with van der Waals surface area (Å²) in [5.41, 5.74) is 3.14. The maximum absolute atomic E-state index is 5.76. The molecular weight excluding hydrogens is 376 g/mol. The van der Waals surface area contributed by atoms with E-state index in [9.17, 15) is 0 Å². The number of rotatable bonds is 5. The van der Waals surface area contributed by atoms with E-state index in [1.54, 1.807) is 16.0 Å². The van der Waals surface area contributed by atoms with E-state index < -0.39 is 0 Å². The summed E-state index contributed by atoms with van der Waals surface area (Å²) in [6.07, 6.45) is 0. The zero-order valence-electron chi connectivity index (χ0n) is 15.5. The zero-order valence-corrected chi connectivity index (χ0v) is 17.1. The minimum atomic E-state index is 0.225. The lowest BCUT2D eigenvalue weighted by molar-refractivity contribution is -0.933. The van der Waals surface area contributed by atoms with Crippen molar-refractivity contribution >= 4 is 33.8 Å². The molecule has 5 nitrogen and oxygen atoms in total. The molecule has 0 bridgehead atoms. The van der Waals surface area contributed by atoms with Gasteiger partial charge < -0.3 is 9.32 Å². The molecule has 2 aromatic heterocycles. The SMILES string of the molecule is Cc1ccccc1-c1nn(C[NH+](C)[C@@H](C)c2nc3ccccc3s2)c(=S)o1. The highest BCUT2D eigenvalue weighted by Crippen LogP contribution is 2.25. The third kappa shape index (κ3) is 3.58. The van der Waals surface area contributed by atoms with Crippen LogP contribution in [0.4, 0.5) is 0 Å². The maximum Gasteiger partial charge on any atom is 0.292 e. The molecule has 1 N–H and O–H groups in total. The normalized spacial score (nSPS) is 13.7. The average molecular weight is 398 g/mol. The quantitative estimate of drug-likeness (QED) is 0.517. The summed E-state index contributed by atoms with van der Waals surface area (Å²) in [6.45, 7) is 4.84. The van der Waals surface area contributed by atoms with Crippen LogP contribution in [0.3, 0.4) is 0 Å². The molecule has 2 heterocycles. The van der Waals surface area contributed by atoms with Crippen molar-refractivity contribution in [3.63, 3.8) is 0 Å². The highest BCUT2D eigenvalue weighted by atomic mass is 32.1. The lowest BCUT2D eigenvalue weighted by Crippen LogP contribution is -3.08. The third-order valence-corrected chi connectivity index (χ3v) is 6.31. The van der Waals surface area contributed by atoms with Gasteiger partial charge in [-0.3, -0.25) is 0 Å². The summed E-state index contributed by atoms with van der Waals surface area (Å²) in [4.78, 5) is 6.42. The summed E-state index contributed by atoms with van der Waals surface area (Å²) in [5.74, 6) is 0.568. The highest BCUT2D eigenvalue weighted by molar-refractivity contribution is 7.71. The van der Waals surface area contributed by atoms with E-state index >= 15 is 0 Å². The summed E-state index contributed by atoms with van der Waals surface area (Å²) in [7, 11) is 2.13. The third-order valence-electron chi connectivity index (χ3n) is 4.80.